The Morgan fingerprint density at radius 3 is 2.59 bits per heavy atom. The Hall–Kier alpha value is -4.33. The second kappa shape index (κ2) is 8.43. The van der Waals surface area contributed by atoms with E-state index in [2.05, 4.69) is 44.5 Å². The summed E-state index contributed by atoms with van der Waals surface area (Å²) in [6.45, 7) is 2.08. The highest BCUT2D eigenvalue weighted by Gasteiger charge is 2.11. The van der Waals surface area contributed by atoms with Crippen LogP contribution in [0.15, 0.2) is 79.3 Å². The van der Waals surface area contributed by atoms with E-state index >= 15 is 0 Å². The number of aromatic nitrogens is 6. The van der Waals surface area contributed by atoms with E-state index in [1.54, 1.807) is 25.7 Å². The Kier molecular flexibility index (Phi) is 5.17. The van der Waals surface area contributed by atoms with Gasteiger partial charge in [0, 0.05) is 17.8 Å². The molecule has 0 fully saturated rings. The first kappa shape index (κ1) is 19.6. The van der Waals surface area contributed by atoms with Crippen LogP contribution >= 0.6 is 0 Å². The third kappa shape index (κ3) is 3.85. The number of imidazole rings is 1. The first-order chi connectivity index (χ1) is 15.7. The number of nitrogens with one attached hydrogen (secondary N) is 1. The molecule has 32 heavy (non-hydrogen) atoms. The van der Waals surface area contributed by atoms with Crippen molar-refractivity contribution in [2.45, 2.75) is 13.0 Å². The number of ether oxygens (including phenoxy) is 1. The van der Waals surface area contributed by atoms with Gasteiger partial charge in [-0.2, -0.15) is 4.98 Å². The number of rotatable bonds is 6. The highest BCUT2D eigenvalue weighted by molar-refractivity contribution is 5.82. The van der Waals surface area contributed by atoms with Gasteiger partial charge in [-0.05, 0) is 36.8 Å². The normalized spacial score (nSPS) is 11.9. The van der Waals surface area contributed by atoms with Gasteiger partial charge in [0.1, 0.15) is 12.1 Å². The van der Waals surface area contributed by atoms with Crippen molar-refractivity contribution in [3.8, 4) is 23.0 Å². The van der Waals surface area contributed by atoms with Gasteiger partial charge >= 0.3 is 0 Å². The molecule has 8 nitrogen and oxygen atoms in total. The van der Waals surface area contributed by atoms with Crippen LogP contribution in [0.5, 0.6) is 5.88 Å². The van der Waals surface area contributed by atoms with Crippen molar-refractivity contribution < 1.29 is 4.74 Å². The molecule has 5 aromatic rings. The van der Waals surface area contributed by atoms with Crippen LogP contribution in [0.1, 0.15) is 18.5 Å². The van der Waals surface area contributed by atoms with Crippen LogP contribution in [0.25, 0.3) is 28.1 Å². The summed E-state index contributed by atoms with van der Waals surface area (Å²) in [6, 6.07) is 21.8. The van der Waals surface area contributed by atoms with E-state index in [9.17, 15) is 0 Å². The minimum atomic E-state index is 0.0825. The lowest BCUT2D eigenvalue weighted by Crippen LogP contribution is -2.10. The summed E-state index contributed by atoms with van der Waals surface area (Å²) in [5.74, 6) is 1.78. The Morgan fingerprint density at radius 2 is 1.81 bits per heavy atom. The van der Waals surface area contributed by atoms with Crippen molar-refractivity contribution in [2.75, 3.05) is 12.4 Å². The summed E-state index contributed by atoms with van der Waals surface area (Å²) in [5, 5.41) is 11.6. The molecule has 0 amide bonds. The highest BCUT2D eigenvalue weighted by Crippen LogP contribution is 2.25. The molecule has 3 heterocycles. The first-order valence-corrected chi connectivity index (χ1v) is 10.2. The molecule has 2 aromatic carbocycles. The lowest BCUT2D eigenvalue weighted by molar-refractivity contribution is 0.392. The molecule has 8 heteroatoms. The fourth-order valence-corrected chi connectivity index (χ4v) is 3.51. The van der Waals surface area contributed by atoms with E-state index in [0.29, 0.717) is 11.8 Å². The lowest BCUT2D eigenvalue weighted by Gasteiger charge is -2.14. The van der Waals surface area contributed by atoms with Crippen LogP contribution in [0.2, 0.25) is 0 Å². The molecule has 1 atom stereocenters. The predicted molar refractivity (Wildman–Crippen MR) is 123 cm³/mol. The average molecular weight is 423 g/mol. The zero-order chi connectivity index (χ0) is 21.9. The molecular weight excluding hydrogens is 402 g/mol. The maximum absolute atomic E-state index is 5.08. The number of hydrogen-bond acceptors (Lipinski definition) is 7. The van der Waals surface area contributed by atoms with E-state index in [1.165, 1.54) is 5.56 Å². The molecule has 0 aliphatic rings. The van der Waals surface area contributed by atoms with Crippen LogP contribution in [0.3, 0.4) is 0 Å². The Balaban J connectivity index is 1.43. The second-order valence-electron chi connectivity index (χ2n) is 7.29. The van der Waals surface area contributed by atoms with Crippen LogP contribution in [0, 0.1) is 0 Å². The van der Waals surface area contributed by atoms with Crippen molar-refractivity contribution >= 4 is 17.0 Å². The number of hydrogen-bond donors (Lipinski definition) is 1. The molecule has 0 saturated heterocycles. The Bertz CT molecular complexity index is 1350. The fourth-order valence-electron chi connectivity index (χ4n) is 3.51. The van der Waals surface area contributed by atoms with Crippen molar-refractivity contribution in [2.24, 2.45) is 0 Å². The third-order valence-corrected chi connectivity index (χ3v) is 5.23. The molecule has 0 aliphatic carbocycles. The van der Waals surface area contributed by atoms with Crippen LogP contribution in [-0.4, -0.2) is 36.8 Å². The molecular formula is C24H21N7O. The van der Waals surface area contributed by atoms with Gasteiger partial charge in [0.15, 0.2) is 0 Å². The van der Waals surface area contributed by atoms with Gasteiger partial charge < -0.3 is 10.1 Å². The third-order valence-electron chi connectivity index (χ3n) is 5.23. The van der Waals surface area contributed by atoms with Gasteiger partial charge in [-0.3, -0.25) is 4.57 Å². The minimum Gasteiger partial charge on any atom is -0.480 e. The average Bonchev–Trinajstić information content (AvgIpc) is 3.28. The van der Waals surface area contributed by atoms with Crippen molar-refractivity contribution in [1.29, 1.82) is 0 Å². The van der Waals surface area contributed by atoms with E-state index in [0.717, 1.165) is 28.1 Å². The summed E-state index contributed by atoms with van der Waals surface area (Å²) in [4.78, 5) is 13.6. The molecule has 158 valence electrons. The highest BCUT2D eigenvalue weighted by atomic mass is 16.5. The van der Waals surface area contributed by atoms with Crippen LogP contribution in [-0.2, 0) is 0 Å². The Morgan fingerprint density at radius 1 is 0.938 bits per heavy atom. The van der Waals surface area contributed by atoms with E-state index in [1.807, 2.05) is 53.1 Å². The number of fused-ring (bicyclic) bond motifs is 1. The van der Waals surface area contributed by atoms with Crippen molar-refractivity contribution in [1.82, 2.24) is 29.7 Å². The van der Waals surface area contributed by atoms with Crippen LogP contribution < -0.4 is 10.1 Å². The molecule has 0 radical (unpaired) electrons. The summed E-state index contributed by atoms with van der Waals surface area (Å²) in [7, 11) is 1.57. The van der Waals surface area contributed by atoms with Crippen molar-refractivity contribution in [3.63, 3.8) is 0 Å². The van der Waals surface area contributed by atoms with E-state index in [4.69, 9.17) is 9.72 Å². The van der Waals surface area contributed by atoms with Crippen LogP contribution in [0.4, 0.5) is 5.95 Å². The first-order valence-electron chi connectivity index (χ1n) is 10.2. The molecule has 5 rings (SSSR count). The second-order valence-corrected chi connectivity index (χ2v) is 7.29. The van der Waals surface area contributed by atoms with Gasteiger partial charge in [0.05, 0.1) is 29.9 Å². The van der Waals surface area contributed by atoms with Gasteiger partial charge in [-0.15, -0.1) is 10.2 Å². The maximum atomic E-state index is 5.08. The SMILES string of the molecule is COc1ccc(-c2ccc3c(c2)ncn3-c2ccnc(NC(C)c3ccccc3)n2)nn1. The summed E-state index contributed by atoms with van der Waals surface area (Å²) in [6.07, 6.45) is 3.51. The van der Waals surface area contributed by atoms with E-state index < -0.39 is 0 Å². The van der Waals surface area contributed by atoms with E-state index in [-0.39, 0.29) is 6.04 Å². The summed E-state index contributed by atoms with van der Waals surface area (Å²) >= 11 is 0. The largest absolute Gasteiger partial charge is 0.480 e. The lowest BCUT2D eigenvalue weighted by atomic mass is 10.1. The quantitative estimate of drug-likeness (QED) is 0.431. The molecule has 0 saturated carbocycles. The molecule has 0 bridgehead atoms. The number of anilines is 1. The zero-order valence-electron chi connectivity index (χ0n) is 17.7. The Labute approximate surface area is 185 Å². The van der Waals surface area contributed by atoms with Gasteiger partial charge in [-0.25, -0.2) is 9.97 Å². The standard InChI is InChI=1S/C24H21N7O/c1-16(17-6-4-3-5-7-17)27-24-25-13-12-22(28-24)31-15-26-20-14-18(8-10-21(20)31)19-9-11-23(32-2)30-29-19/h3-16H,1-2H3,(H,25,27,28). The monoisotopic (exact) mass is 423 g/mol. The molecule has 1 N–H and O–H groups in total. The van der Waals surface area contributed by atoms with Gasteiger partial charge in [-0.1, -0.05) is 36.4 Å². The number of benzene rings is 2. The molecule has 1 unspecified atom stereocenters. The molecule has 0 spiro atoms. The predicted octanol–water partition coefficient (Wildman–Crippen LogP) is 4.45. The number of nitrogens with zero attached hydrogens (tertiary/aromatic N) is 6. The van der Waals surface area contributed by atoms with Crippen molar-refractivity contribution in [3.05, 3.63) is 84.8 Å². The van der Waals surface area contributed by atoms with Gasteiger partial charge in [0.2, 0.25) is 11.8 Å². The molecule has 3 aromatic heterocycles. The smallest absolute Gasteiger partial charge is 0.233 e. The fraction of sp³-hybridized carbons (Fsp3) is 0.125. The number of methoxy groups -OCH3 is 1. The summed E-state index contributed by atoms with van der Waals surface area (Å²) in [5.41, 5.74) is 4.64. The summed E-state index contributed by atoms with van der Waals surface area (Å²) < 4.78 is 7.02. The van der Waals surface area contributed by atoms with Gasteiger partial charge in [0.25, 0.3) is 0 Å². The topological polar surface area (TPSA) is 90.6 Å². The maximum Gasteiger partial charge on any atom is 0.233 e. The molecule has 0 aliphatic heterocycles. The minimum absolute atomic E-state index is 0.0825. The zero-order valence-corrected chi connectivity index (χ0v) is 17.7.